The molecule has 0 saturated carbocycles. The van der Waals surface area contributed by atoms with E-state index in [0.717, 1.165) is 5.56 Å². The number of para-hydroxylation sites is 1. The van der Waals surface area contributed by atoms with Gasteiger partial charge >= 0.3 is 5.97 Å². The number of carboxylic acids is 1. The zero-order valence-electron chi connectivity index (χ0n) is 20.2. The van der Waals surface area contributed by atoms with Gasteiger partial charge in [0, 0.05) is 12.2 Å². The Kier molecular flexibility index (Phi) is 9.54. The van der Waals surface area contributed by atoms with Crippen molar-refractivity contribution in [2.75, 3.05) is 24.6 Å². The molecule has 10 heteroatoms. The topological polar surface area (TPSA) is 142 Å². The van der Waals surface area contributed by atoms with E-state index in [4.69, 9.17) is 10.5 Å². The van der Waals surface area contributed by atoms with E-state index in [1.54, 1.807) is 30.3 Å². The lowest BCUT2D eigenvalue weighted by atomic mass is 10.1. The third kappa shape index (κ3) is 6.67. The number of hydrogen-bond acceptors (Lipinski definition) is 6. The lowest BCUT2D eigenvalue weighted by molar-refractivity contribution is -0.150. The molecule has 3 rings (SSSR count). The van der Waals surface area contributed by atoms with Crippen LogP contribution in [0.3, 0.4) is 0 Å². The molecule has 0 radical (unpaired) electrons. The van der Waals surface area contributed by atoms with E-state index in [1.165, 1.54) is 16.7 Å². The molecule has 3 amide bonds. The largest absolute Gasteiger partial charge is 0.480 e. The van der Waals surface area contributed by atoms with Gasteiger partial charge in [-0.2, -0.15) is 0 Å². The summed E-state index contributed by atoms with van der Waals surface area (Å²) in [5.41, 5.74) is 6.96. The molecule has 10 nitrogen and oxygen atoms in total. The summed E-state index contributed by atoms with van der Waals surface area (Å²) in [5, 5.41) is 12.2. The first-order valence-electron chi connectivity index (χ1n) is 11.9. The third-order valence-electron chi connectivity index (χ3n) is 6.08. The maximum Gasteiger partial charge on any atom is 0.326 e. The normalized spacial score (nSPS) is 16.7. The summed E-state index contributed by atoms with van der Waals surface area (Å²) < 4.78 is 5.74. The fraction of sp³-hybridized carbons (Fsp3) is 0.385. The number of ether oxygens (including phenoxy) is 1. The Morgan fingerprint density at radius 2 is 1.75 bits per heavy atom. The highest BCUT2D eigenvalue weighted by Gasteiger charge is 2.38. The Labute approximate surface area is 210 Å². The van der Waals surface area contributed by atoms with E-state index in [2.05, 4.69) is 5.32 Å². The number of carboxylic acid groups (broad SMARTS) is 1. The minimum absolute atomic E-state index is 0.162. The molecule has 1 fully saturated rings. The first-order chi connectivity index (χ1) is 17.3. The SMILES string of the molecule is CC(C(=O)NC(COCc1ccccc1)C(=O)N1CCCC1C(=O)O)N(C(=O)CN)c1ccccc1. The fourth-order valence-corrected chi connectivity index (χ4v) is 4.21. The maximum atomic E-state index is 13.4. The van der Waals surface area contributed by atoms with Crippen LogP contribution in [0, 0.1) is 0 Å². The fourth-order valence-electron chi connectivity index (χ4n) is 4.21. The molecule has 2 aromatic rings. The van der Waals surface area contributed by atoms with Crippen molar-refractivity contribution in [1.29, 1.82) is 0 Å². The second kappa shape index (κ2) is 12.8. The number of aliphatic carboxylic acids is 1. The van der Waals surface area contributed by atoms with E-state index < -0.39 is 41.8 Å². The first kappa shape index (κ1) is 26.8. The van der Waals surface area contributed by atoms with Gasteiger partial charge in [0.25, 0.3) is 0 Å². The summed E-state index contributed by atoms with van der Waals surface area (Å²) in [4.78, 5) is 53.4. The minimum atomic E-state index is -1.13. The molecule has 192 valence electrons. The predicted octanol–water partition coefficient (Wildman–Crippen LogP) is 1.14. The van der Waals surface area contributed by atoms with Crippen molar-refractivity contribution in [3.05, 3.63) is 66.2 Å². The van der Waals surface area contributed by atoms with Crippen LogP contribution in [-0.4, -0.2) is 71.5 Å². The number of nitrogens with one attached hydrogen (secondary N) is 1. The Morgan fingerprint density at radius 1 is 1.11 bits per heavy atom. The molecule has 1 aliphatic heterocycles. The quantitative estimate of drug-likeness (QED) is 0.423. The van der Waals surface area contributed by atoms with Crippen molar-refractivity contribution in [3.63, 3.8) is 0 Å². The van der Waals surface area contributed by atoms with Gasteiger partial charge in [0.05, 0.1) is 19.8 Å². The number of nitrogens with zero attached hydrogens (tertiary/aromatic N) is 2. The molecule has 0 bridgehead atoms. The Balaban J connectivity index is 1.78. The number of benzene rings is 2. The number of carbonyl (C=O) groups excluding carboxylic acids is 3. The van der Waals surface area contributed by atoms with Gasteiger partial charge < -0.3 is 25.8 Å². The lowest BCUT2D eigenvalue weighted by Gasteiger charge is -2.31. The van der Waals surface area contributed by atoms with Crippen LogP contribution in [0.25, 0.3) is 0 Å². The molecule has 1 saturated heterocycles. The van der Waals surface area contributed by atoms with Crippen molar-refractivity contribution >= 4 is 29.4 Å². The summed E-state index contributed by atoms with van der Waals surface area (Å²) in [7, 11) is 0. The van der Waals surface area contributed by atoms with Crippen molar-refractivity contribution in [1.82, 2.24) is 10.2 Å². The summed E-state index contributed by atoms with van der Waals surface area (Å²) in [6, 6.07) is 14.9. The third-order valence-corrected chi connectivity index (χ3v) is 6.08. The number of carbonyl (C=O) groups is 4. The van der Waals surface area contributed by atoms with E-state index in [-0.39, 0.29) is 26.3 Å². The van der Waals surface area contributed by atoms with E-state index in [0.29, 0.717) is 18.5 Å². The van der Waals surface area contributed by atoms with Crippen molar-refractivity contribution in [3.8, 4) is 0 Å². The lowest BCUT2D eigenvalue weighted by Crippen LogP contribution is -2.58. The predicted molar refractivity (Wildman–Crippen MR) is 133 cm³/mol. The van der Waals surface area contributed by atoms with Gasteiger partial charge in [-0.25, -0.2) is 4.79 Å². The molecule has 0 aliphatic carbocycles. The van der Waals surface area contributed by atoms with Gasteiger partial charge in [-0.15, -0.1) is 0 Å². The minimum Gasteiger partial charge on any atom is -0.480 e. The molecule has 4 N–H and O–H groups in total. The standard InChI is InChI=1S/C26H32N4O6/c1-18(30(23(31)15-27)20-11-6-3-7-12-20)24(32)28-21(17-36-16-19-9-4-2-5-10-19)25(33)29-14-8-13-22(29)26(34)35/h2-7,9-12,18,21-22H,8,13-17,27H2,1H3,(H,28,32)(H,34,35). The van der Waals surface area contributed by atoms with Crippen LogP contribution >= 0.6 is 0 Å². The smallest absolute Gasteiger partial charge is 0.326 e. The van der Waals surface area contributed by atoms with Crippen LogP contribution in [-0.2, 0) is 30.5 Å². The van der Waals surface area contributed by atoms with E-state index in [1.807, 2.05) is 30.3 Å². The second-order valence-corrected chi connectivity index (χ2v) is 8.57. The molecule has 2 aromatic carbocycles. The zero-order valence-corrected chi connectivity index (χ0v) is 20.2. The van der Waals surface area contributed by atoms with Crippen LogP contribution in [0.1, 0.15) is 25.3 Å². The monoisotopic (exact) mass is 496 g/mol. The second-order valence-electron chi connectivity index (χ2n) is 8.57. The number of anilines is 1. The van der Waals surface area contributed by atoms with Crippen LogP contribution in [0.2, 0.25) is 0 Å². The number of hydrogen-bond donors (Lipinski definition) is 3. The van der Waals surface area contributed by atoms with E-state index in [9.17, 15) is 24.3 Å². The maximum absolute atomic E-state index is 13.4. The first-order valence-corrected chi connectivity index (χ1v) is 11.9. The van der Waals surface area contributed by atoms with Gasteiger partial charge in [0.15, 0.2) is 0 Å². The molecule has 0 aromatic heterocycles. The molecule has 1 aliphatic rings. The van der Waals surface area contributed by atoms with Crippen molar-refractivity contribution in [2.45, 2.75) is 44.5 Å². The summed E-state index contributed by atoms with van der Waals surface area (Å²) in [5.74, 6) is -2.68. The number of likely N-dealkylation sites (tertiary alicyclic amines) is 1. The Morgan fingerprint density at radius 3 is 2.36 bits per heavy atom. The highest BCUT2D eigenvalue weighted by atomic mass is 16.5. The van der Waals surface area contributed by atoms with Crippen LogP contribution in [0.15, 0.2) is 60.7 Å². The zero-order chi connectivity index (χ0) is 26.1. The summed E-state index contributed by atoms with van der Waals surface area (Å²) in [6.45, 7) is 1.56. The van der Waals surface area contributed by atoms with Crippen molar-refractivity contribution in [2.24, 2.45) is 5.73 Å². The van der Waals surface area contributed by atoms with Crippen LogP contribution < -0.4 is 16.0 Å². The Bertz CT molecular complexity index is 1050. The highest BCUT2D eigenvalue weighted by molar-refractivity contribution is 6.02. The number of nitrogens with two attached hydrogens (primary N) is 1. The molecular weight excluding hydrogens is 464 g/mol. The highest BCUT2D eigenvalue weighted by Crippen LogP contribution is 2.20. The molecule has 0 spiro atoms. The number of rotatable bonds is 11. The van der Waals surface area contributed by atoms with Gasteiger partial charge in [-0.3, -0.25) is 19.3 Å². The van der Waals surface area contributed by atoms with Gasteiger partial charge in [-0.05, 0) is 37.5 Å². The molecular formula is C26H32N4O6. The van der Waals surface area contributed by atoms with E-state index >= 15 is 0 Å². The van der Waals surface area contributed by atoms with Crippen molar-refractivity contribution < 1.29 is 29.0 Å². The summed E-state index contributed by atoms with van der Waals surface area (Å²) >= 11 is 0. The average Bonchev–Trinajstić information content (AvgIpc) is 3.39. The molecule has 36 heavy (non-hydrogen) atoms. The van der Waals surface area contributed by atoms with Gasteiger partial charge in [-0.1, -0.05) is 48.5 Å². The van der Waals surface area contributed by atoms with Crippen LogP contribution in [0.5, 0.6) is 0 Å². The van der Waals surface area contributed by atoms with Crippen LogP contribution in [0.4, 0.5) is 5.69 Å². The molecule has 1 heterocycles. The van der Waals surface area contributed by atoms with Gasteiger partial charge in [0.2, 0.25) is 17.7 Å². The Hall–Kier alpha value is -3.76. The average molecular weight is 497 g/mol. The number of amides is 3. The summed E-state index contributed by atoms with van der Waals surface area (Å²) in [6.07, 6.45) is 0.896. The molecule has 3 unspecified atom stereocenters. The molecule has 3 atom stereocenters. The van der Waals surface area contributed by atoms with Gasteiger partial charge in [0.1, 0.15) is 18.1 Å².